The summed E-state index contributed by atoms with van der Waals surface area (Å²) in [6, 6.07) is 5.87. The van der Waals surface area contributed by atoms with Crippen molar-refractivity contribution in [3.05, 3.63) is 29.8 Å². The summed E-state index contributed by atoms with van der Waals surface area (Å²) in [5.74, 6) is -4.34. The van der Waals surface area contributed by atoms with E-state index in [-0.39, 0.29) is 11.7 Å². The number of halogens is 5. The molecule has 0 heterocycles. The molecular formula is C15H19F5O2. The Morgan fingerprint density at radius 1 is 1.00 bits per heavy atom. The van der Waals surface area contributed by atoms with Crippen molar-refractivity contribution in [2.24, 2.45) is 0 Å². The van der Waals surface area contributed by atoms with E-state index < -0.39 is 24.1 Å². The van der Waals surface area contributed by atoms with Crippen LogP contribution < -0.4 is 4.74 Å². The molecule has 0 aliphatic heterocycles. The first-order chi connectivity index (χ1) is 9.91. The lowest BCUT2D eigenvalue weighted by Crippen LogP contribution is -2.43. The molecule has 0 aliphatic rings. The Morgan fingerprint density at radius 3 is 1.86 bits per heavy atom. The first-order valence-corrected chi connectivity index (χ1v) is 6.68. The zero-order valence-electron chi connectivity index (χ0n) is 12.8. The Morgan fingerprint density at radius 2 is 1.50 bits per heavy atom. The van der Waals surface area contributed by atoms with E-state index >= 15 is 0 Å². The molecule has 7 heteroatoms. The van der Waals surface area contributed by atoms with Crippen molar-refractivity contribution in [2.75, 3.05) is 7.11 Å². The van der Waals surface area contributed by atoms with Gasteiger partial charge in [-0.3, -0.25) is 0 Å². The molecular weight excluding hydrogens is 307 g/mol. The number of methoxy groups -OCH3 is 1. The molecule has 0 fully saturated rings. The second kappa shape index (κ2) is 6.40. The Balaban J connectivity index is 3.03. The lowest BCUT2D eigenvalue weighted by molar-refractivity contribution is -0.298. The molecule has 0 aromatic heterocycles. The van der Waals surface area contributed by atoms with Gasteiger partial charge in [0.2, 0.25) is 0 Å². The SMILES string of the molecule is COC(C)(CC(F)(F)C(F)(F)F)c1ccc(OC(C)C)cc1. The van der Waals surface area contributed by atoms with E-state index in [2.05, 4.69) is 0 Å². The lowest BCUT2D eigenvalue weighted by atomic mass is 9.89. The van der Waals surface area contributed by atoms with Crippen LogP contribution in [-0.4, -0.2) is 25.3 Å². The van der Waals surface area contributed by atoms with Gasteiger partial charge in [0.25, 0.3) is 0 Å². The highest BCUT2D eigenvalue weighted by molar-refractivity contribution is 5.31. The number of hydrogen-bond acceptors (Lipinski definition) is 2. The fraction of sp³-hybridized carbons (Fsp3) is 0.600. The number of rotatable bonds is 6. The first kappa shape index (κ1) is 18.7. The van der Waals surface area contributed by atoms with E-state index in [1.165, 1.54) is 31.2 Å². The van der Waals surface area contributed by atoms with Gasteiger partial charge >= 0.3 is 12.1 Å². The van der Waals surface area contributed by atoms with E-state index in [9.17, 15) is 22.0 Å². The van der Waals surface area contributed by atoms with Gasteiger partial charge in [0.1, 0.15) is 5.75 Å². The predicted molar refractivity (Wildman–Crippen MR) is 72.2 cm³/mol. The molecule has 2 nitrogen and oxygen atoms in total. The van der Waals surface area contributed by atoms with E-state index in [1.807, 2.05) is 13.8 Å². The molecule has 0 bridgehead atoms. The number of benzene rings is 1. The van der Waals surface area contributed by atoms with Crippen LogP contribution in [0.4, 0.5) is 22.0 Å². The van der Waals surface area contributed by atoms with Crippen molar-refractivity contribution >= 4 is 0 Å². The molecule has 1 aromatic carbocycles. The smallest absolute Gasteiger partial charge is 0.453 e. The summed E-state index contributed by atoms with van der Waals surface area (Å²) in [5, 5.41) is 0. The van der Waals surface area contributed by atoms with E-state index in [1.54, 1.807) is 0 Å². The highest BCUT2D eigenvalue weighted by Crippen LogP contribution is 2.45. The molecule has 0 radical (unpaired) electrons. The largest absolute Gasteiger partial charge is 0.491 e. The number of alkyl halides is 5. The van der Waals surface area contributed by atoms with Gasteiger partial charge in [-0.1, -0.05) is 12.1 Å². The summed E-state index contributed by atoms with van der Waals surface area (Å²) < 4.78 is 74.2. The third-order valence-corrected chi connectivity index (χ3v) is 3.26. The van der Waals surface area contributed by atoms with Crippen LogP contribution in [-0.2, 0) is 10.3 Å². The van der Waals surface area contributed by atoms with Crippen LogP contribution in [0.5, 0.6) is 5.75 Å². The molecule has 0 aliphatic carbocycles. The zero-order chi connectivity index (χ0) is 17.2. The minimum absolute atomic E-state index is 0.0748. The van der Waals surface area contributed by atoms with Crippen molar-refractivity contribution in [1.82, 2.24) is 0 Å². The van der Waals surface area contributed by atoms with Crippen LogP contribution >= 0.6 is 0 Å². The molecule has 0 amide bonds. The quantitative estimate of drug-likeness (QED) is 0.691. The van der Waals surface area contributed by atoms with Crippen molar-refractivity contribution in [3.8, 4) is 5.75 Å². The van der Waals surface area contributed by atoms with Gasteiger partial charge in [-0.05, 0) is 38.5 Å². The van der Waals surface area contributed by atoms with Crippen LogP contribution in [0.15, 0.2) is 24.3 Å². The maximum absolute atomic E-state index is 13.3. The maximum Gasteiger partial charge on any atom is 0.453 e. The molecule has 1 unspecified atom stereocenters. The summed E-state index contributed by atoms with van der Waals surface area (Å²) in [7, 11) is 1.10. The molecule has 0 N–H and O–H groups in total. The number of ether oxygens (including phenoxy) is 2. The first-order valence-electron chi connectivity index (χ1n) is 6.68. The Labute approximate surface area is 126 Å². The maximum atomic E-state index is 13.3. The third kappa shape index (κ3) is 4.32. The minimum Gasteiger partial charge on any atom is -0.491 e. The van der Waals surface area contributed by atoms with Gasteiger partial charge in [0.05, 0.1) is 18.1 Å². The normalized spacial score (nSPS) is 15.7. The highest BCUT2D eigenvalue weighted by atomic mass is 19.4. The van der Waals surface area contributed by atoms with Crippen molar-refractivity contribution in [2.45, 2.75) is 51.0 Å². The zero-order valence-corrected chi connectivity index (χ0v) is 12.8. The lowest BCUT2D eigenvalue weighted by Gasteiger charge is -2.33. The van der Waals surface area contributed by atoms with Gasteiger partial charge in [0, 0.05) is 7.11 Å². The monoisotopic (exact) mass is 326 g/mol. The molecule has 22 heavy (non-hydrogen) atoms. The van der Waals surface area contributed by atoms with Crippen LogP contribution in [0.1, 0.15) is 32.8 Å². The molecule has 0 saturated carbocycles. The summed E-state index contributed by atoms with van der Waals surface area (Å²) >= 11 is 0. The van der Waals surface area contributed by atoms with E-state index in [4.69, 9.17) is 9.47 Å². The molecule has 1 rings (SSSR count). The van der Waals surface area contributed by atoms with Crippen LogP contribution in [0.25, 0.3) is 0 Å². The Hall–Kier alpha value is -1.37. The molecule has 0 saturated heterocycles. The average Bonchev–Trinajstić information content (AvgIpc) is 2.36. The Kier molecular flexibility index (Phi) is 5.43. The summed E-state index contributed by atoms with van der Waals surface area (Å²) in [6.45, 7) is 4.83. The molecule has 1 aromatic rings. The number of hydrogen-bond donors (Lipinski definition) is 0. The highest BCUT2D eigenvalue weighted by Gasteiger charge is 2.60. The van der Waals surface area contributed by atoms with Crippen molar-refractivity contribution in [3.63, 3.8) is 0 Å². The Bertz CT molecular complexity index is 482. The third-order valence-electron chi connectivity index (χ3n) is 3.26. The van der Waals surface area contributed by atoms with Gasteiger partial charge < -0.3 is 9.47 Å². The molecule has 0 spiro atoms. The van der Waals surface area contributed by atoms with E-state index in [0.29, 0.717) is 5.75 Å². The average molecular weight is 326 g/mol. The second-order valence-corrected chi connectivity index (χ2v) is 5.50. The van der Waals surface area contributed by atoms with Gasteiger partial charge in [0.15, 0.2) is 0 Å². The minimum atomic E-state index is -5.62. The van der Waals surface area contributed by atoms with Gasteiger partial charge in [-0.2, -0.15) is 22.0 Å². The summed E-state index contributed by atoms with van der Waals surface area (Å²) in [4.78, 5) is 0. The topological polar surface area (TPSA) is 18.5 Å². The van der Waals surface area contributed by atoms with Crippen LogP contribution in [0.2, 0.25) is 0 Å². The van der Waals surface area contributed by atoms with Crippen molar-refractivity contribution < 1.29 is 31.4 Å². The van der Waals surface area contributed by atoms with Crippen LogP contribution in [0.3, 0.4) is 0 Å². The molecule has 1 atom stereocenters. The van der Waals surface area contributed by atoms with Gasteiger partial charge in [-0.25, -0.2) is 0 Å². The predicted octanol–water partition coefficient (Wildman–Crippen LogP) is 4.92. The molecule has 126 valence electrons. The summed E-state index contributed by atoms with van der Waals surface area (Å²) in [6.07, 6.45) is -7.19. The van der Waals surface area contributed by atoms with Crippen LogP contribution in [0, 0.1) is 0 Å². The van der Waals surface area contributed by atoms with E-state index in [0.717, 1.165) is 7.11 Å². The summed E-state index contributed by atoms with van der Waals surface area (Å²) in [5.41, 5.74) is -1.55. The van der Waals surface area contributed by atoms with Gasteiger partial charge in [-0.15, -0.1) is 0 Å². The fourth-order valence-electron chi connectivity index (χ4n) is 1.97. The second-order valence-electron chi connectivity index (χ2n) is 5.50. The van der Waals surface area contributed by atoms with Crippen molar-refractivity contribution in [1.29, 1.82) is 0 Å². The fourth-order valence-corrected chi connectivity index (χ4v) is 1.97. The standard InChI is InChI=1S/C15H19F5O2/c1-10(2)22-12-7-5-11(6-8-12)13(3,21-4)9-14(16,17)15(18,19)20/h5-8,10H,9H2,1-4H3.